The van der Waals surface area contributed by atoms with E-state index in [1.807, 2.05) is 0 Å². The highest BCUT2D eigenvalue weighted by atomic mass is 32.2. The summed E-state index contributed by atoms with van der Waals surface area (Å²) >= 11 is 0. The second-order valence-electron chi connectivity index (χ2n) is 5.74. The van der Waals surface area contributed by atoms with E-state index in [0.717, 1.165) is 5.52 Å². The quantitative estimate of drug-likeness (QED) is 0.930. The molecule has 7 heteroatoms. The van der Waals surface area contributed by atoms with Crippen LogP contribution in [0.3, 0.4) is 0 Å². The second-order valence-corrected chi connectivity index (χ2v) is 7.97. The van der Waals surface area contributed by atoms with Gasteiger partial charge in [0.1, 0.15) is 5.82 Å². The smallest absolute Gasteiger partial charge is 0.227 e. The average molecular weight is 324 g/mol. The third-order valence-corrected chi connectivity index (χ3v) is 5.97. The lowest BCUT2D eigenvalue weighted by atomic mass is 10.1. The maximum atomic E-state index is 13.3. The Bertz CT molecular complexity index is 828. The molecule has 1 aromatic carbocycles. The van der Waals surface area contributed by atoms with Gasteiger partial charge < -0.3 is 9.88 Å². The van der Waals surface area contributed by atoms with E-state index in [0.29, 0.717) is 17.4 Å². The molecule has 5 nitrogen and oxygen atoms in total. The van der Waals surface area contributed by atoms with Gasteiger partial charge in [-0.2, -0.15) is 0 Å². The first kappa shape index (κ1) is 15.0. The number of hydrogen-bond acceptors (Lipinski definition) is 3. The van der Waals surface area contributed by atoms with Crippen molar-refractivity contribution in [1.82, 2.24) is 9.88 Å². The number of fused-ring (bicyclic) bond motifs is 1. The molecule has 0 radical (unpaired) electrons. The summed E-state index contributed by atoms with van der Waals surface area (Å²) in [5.74, 6) is -0.353. The molecule has 118 valence electrons. The largest absolute Gasteiger partial charge is 0.361 e. The van der Waals surface area contributed by atoms with Crippen LogP contribution < -0.4 is 0 Å². The first-order valence-electron chi connectivity index (χ1n) is 7.07. The summed E-state index contributed by atoms with van der Waals surface area (Å²) in [7, 11) is -1.40. The summed E-state index contributed by atoms with van der Waals surface area (Å²) in [6.45, 7) is 0. The molecule has 1 unspecified atom stereocenters. The minimum Gasteiger partial charge on any atom is -0.361 e. The molecule has 2 heterocycles. The minimum atomic E-state index is -3.03. The third-order valence-electron chi connectivity index (χ3n) is 4.22. The summed E-state index contributed by atoms with van der Waals surface area (Å²) in [4.78, 5) is 16.9. The molecule has 0 aliphatic carbocycles. The van der Waals surface area contributed by atoms with Gasteiger partial charge in [-0.05, 0) is 30.2 Å². The monoisotopic (exact) mass is 324 g/mol. The number of halogens is 1. The van der Waals surface area contributed by atoms with Crippen LogP contribution in [0.4, 0.5) is 4.39 Å². The van der Waals surface area contributed by atoms with Crippen molar-refractivity contribution in [2.45, 2.75) is 18.9 Å². The number of H-pyrrole nitrogens is 1. The van der Waals surface area contributed by atoms with E-state index >= 15 is 0 Å². The molecule has 1 amide bonds. The van der Waals surface area contributed by atoms with E-state index < -0.39 is 9.84 Å². The first-order valence-corrected chi connectivity index (χ1v) is 8.89. The van der Waals surface area contributed by atoms with Gasteiger partial charge in [0.2, 0.25) is 5.91 Å². The van der Waals surface area contributed by atoms with E-state index in [1.54, 1.807) is 19.3 Å². The van der Waals surface area contributed by atoms with Crippen molar-refractivity contribution in [2.24, 2.45) is 0 Å². The average Bonchev–Trinajstić information content (AvgIpc) is 3.01. The van der Waals surface area contributed by atoms with E-state index in [9.17, 15) is 17.6 Å². The number of nitrogens with zero attached hydrogens (tertiary/aromatic N) is 1. The Morgan fingerprint density at radius 2 is 2.23 bits per heavy atom. The van der Waals surface area contributed by atoms with Crippen molar-refractivity contribution >= 4 is 26.6 Å². The van der Waals surface area contributed by atoms with Crippen LogP contribution in [-0.4, -0.2) is 48.8 Å². The van der Waals surface area contributed by atoms with Crippen LogP contribution in [-0.2, 0) is 21.1 Å². The van der Waals surface area contributed by atoms with Crippen LogP contribution in [0.1, 0.15) is 12.0 Å². The molecular weight excluding hydrogens is 307 g/mol. The molecule has 22 heavy (non-hydrogen) atoms. The van der Waals surface area contributed by atoms with Crippen molar-refractivity contribution in [3.8, 4) is 0 Å². The normalized spacial score (nSPS) is 20.4. The lowest BCUT2D eigenvalue weighted by molar-refractivity contribution is -0.130. The SMILES string of the molecule is CN(C(=O)Cc1c[nH]c2ccc(F)cc12)C1CCS(=O)(=O)C1. The molecule has 0 saturated carbocycles. The van der Waals surface area contributed by atoms with Crippen molar-refractivity contribution in [3.05, 3.63) is 35.8 Å². The second kappa shape index (κ2) is 5.39. The van der Waals surface area contributed by atoms with Gasteiger partial charge in [0, 0.05) is 30.2 Å². The lowest BCUT2D eigenvalue weighted by Crippen LogP contribution is -2.38. The number of carbonyl (C=O) groups is 1. The number of sulfone groups is 1. The fraction of sp³-hybridized carbons (Fsp3) is 0.400. The number of aromatic nitrogens is 1. The number of benzene rings is 1. The van der Waals surface area contributed by atoms with E-state index in [1.165, 1.54) is 17.0 Å². The van der Waals surface area contributed by atoms with Crippen LogP contribution in [0.2, 0.25) is 0 Å². The molecule has 0 spiro atoms. The summed E-state index contributed by atoms with van der Waals surface area (Å²) < 4.78 is 36.4. The molecule has 1 aliphatic rings. The molecular formula is C15H17FN2O3S. The maximum absolute atomic E-state index is 13.3. The standard InChI is InChI=1S/C15H17FN2O3S/c1-18(12-4-5-22(20,21)9-12)15(19)6-10-8-17-14-3-2-11(16)7-13(10)14/h2-3,7-8,12,17H,4-6,9H2,1H3. The number of amides is 1. The minimum absolute atomic E-state index is 0.0255. The van der Waals surface area contributed by atoms with E-state index in [-0.39, 0.29) is 35.7 Å². The summed E-state index contributed by atoms with van der Waals surface area (Å²) in [5.41, 5.74) is 1.49. The highest BCUT2D eigenvalue weighted by molar-refractivity contribution is 7.91. The number of nitrogens with one attached hydrogen (secondary N) is 1. The summed E-state index contributed by atoms with van der Waals surface area (Å²) in [6, 6.07) is 4.12. The molecule has 1 aliphatic heterocycles. The van der Waals surface area contributed by atoms with Crippen LogP contribution in [0.5, 0.6) is 0 Å². The fourth-order valence-corrected chi connectivity index (χ4v) is 4.64. The van der Waals surface area contributed by atoms with Gasteiger partial charge in [-0.25, -0.2) is 12.8 Å². The van der Waals surface area contributed by atoms with Crippen LogP contribution in [0.25, 0.3) is 10.9 Å². The number of likely N-dealkylation sites (N-methyl/N-ethyl adjacent to an activating group) is 1. The van der Waals surface area contributed by atoms with Crippen LogP contribution in [0.15, 0.2) is 24.4 Å². The molecule has 1 aromatic heterocycles. The molecule has 1 fully saturated rings. The number of hydrogen-bond donors (Lipinski definition) is 1. The van der Waals surface area contributed by atoms with Gasteiger partial charge in [0.05, 0.1) is 17.9 Å². The zero-order valence-electron chi connectivity index (χ0n) is 12.2. The zero-order valence-corrected chi connectivity index (χ0v) is 13.0. The van der Waals surface area contributed by atoms with Crippen LogP contribution >= 0.6 is 0 Å². The van der Waals surface area contributed by atoms with Gasteiger partial charge in [-0.15, -0.1) is 0 Å². The summed E-state index contributed by atoms with van der Waals surface area (Å²) in [6.07, 6.45) is 2.30. The van der Waals surface area contributed by atoms with E-state index in [2.05, 4.69) is 4.98 Å². The predicted octanol–water partition coefficient (Wildman–Crippen LogP) is 1.49. The van der Waals surface area contributed by atoms with Gasteiger partial charge in [-0.3, -0.25) is 4.79 Å². The third kappa shape index (κ3) is 2.85. The Morgan fingerprint density at radius 3 is 2.91 bits per heavy atom. The van der Waals surface area contributed by atoms with Gasteiger partial charge >= 0.3 is 0 Å². The van der Waals surface area contributed by atoms with Gasteiger partial charge in [-0.1, -0.05) is 0 Å². The molecule has 1 atom stereocenters. The van der Waals surface area contributed by atoms with Crippen molar-refractivity contribution in [1.29, 1.82) is 0 Å². The molecule has 1 N–H and O–H groups in total. The summed E-state index contributed by atoms with van der Waals surface area (Å²) in [5, 5.41) is 0.681. The molecule has 0 bridgehead atoms. The van der Waals surface area contributed by atoms with Crippen molar-refractivity contribution in [3.63, 3.8) is 0 Å². The fourth-order valence-electron chi connectivity index (χ4n) is 2.87. The zero-order chi connectivity index (χ0) is 15.9. The van der Waals surface area contributed by atoms with Gasteiger partial charge in [0.15, 0.2) is 9.84 Å². The Kier molecular flexibility index (Phi) is 3.68. The Balaban J connectivity index is 1.77. The molecule has 1 saturated heterocycles. The van der Waals surface area contributed by atoms with E-state index in [4.69, 9.17) is 0 Å². The van der Waals surface area contributed by atoms with Gasteiger partial charge in [0.25, 0.3) is 0 Å². The number of aromatic amines is 1. The maximum Gasteiger partial charge on any atom is 0.227 e. The molecule has 2 aromatic rings. The first-order chi connectivity index (χ1) is 10.4. The number of carbonyl (C=O) groups excluding carboxylic acids is 1. The number of rotatable bonds is 3. The lowest BCUT2D eigenvalue weighted by Gasteiger charge is -2.23. The molecule has 3 rings (SSSR count). The van der Waals surface area contributed by atoms with Crippen molar-refractivity contribution < 1.29 is 17.6 Å². The Hall–Kier alpha value is -1.89. The topological polar surface area (TPSA) is 70.2 Å². The highest BCUT2D eigenvalue weighted by Gasteiger charge is 2.32. The predicted molar refractivity (Wildman–Crippen MR) is 81.8 cm³/mol. The Morgan fingerprint density at radius 1 is 1.45 bits per heavy atom. The Labute approximate surface area is 128 Å². The van der Waals surface area contributed by atoms with Crippen LogP contribution in [0, 0.1) is 5.82 Å². The van der Waals surface area contributed by atoms with Crippen molar-refractivity contribution in [2.75, 3.05) is 18.6 Å². The highest BCUT2D eigenvalue weighted by Crippen LogP contribution is 2.22.